The first-order valence-corrected chi connectivity index (χ1v) is 10.3. The molecule has 2 aliphatic rings. The standard InChI is InChI=1S/C24H22N2O6/c1-13(27)25-19-9-10-24(32-22(19)17-7-5-15(30-3)11-20(17)25)23(29)18-8-6-16(31-4)12-21(18)26(24)14(2)28/h5-8,11-12H,9-10H2,1-4H3. The molecule has 0 fully saturated rings. The van der Waals surface area contributed by atoms with Gasteiger partial charge in [0.05, 0.1) is 31.1 Å². The van der Waals surface area contributed by atoms with E-state index in [1.165, 1.54) is 25.9 Å². The summed E-state index contributed by atoms with van der Waals surface area (Å²) in [4.78, 5) is 40.3. The van der Waals surface area contributed by atoms with Crippen LogP contribution in [0.3, 0.4) is 0 Å². The van der Waals surface area contributed by atoms with Gasteiger partial charge in [0.15, 0.2) is 5.75 Å². The molecule has 1 unspecified atom stereocenters. The molecular formula is C24H22N2O6. The number of nitrogens with zero attached hydrogens (tertiary/aromatic N) is 2. The number of carbonyl (C=O) groups excluding carboxylic acids is 3. The smallest absolute Gasteiger partial charge is 0.253 e. The molecule has 164 valence electrons. The van der Waals surface area contributed by atoms with Crippen LogP contribution < -0.4 is 19.1 Å². The van der Waals surface area contributed by atoms with Gasteiger partial charge in [-0.3, -0.25) is 23.9 Å². The zero-order chi connectivity index (χ0) is 22.8. The van der Waals surface area contributed by atoms with Crippen LogP contribution in [0.2, 0.25) is 0 Å². The first-order valence-electron chi connectivity index (χ1n) is 10.3. The molecule has 8 nitrogen and oxygen atoms in total. The SMILES string of the molecule is COc1ccc2c(c1)N(C(C)=O)C1(CCc3c(c4ccc(OC)cc4n3C(C)=O)O1)C2=O. The number of hydrogen-bond donors (Lipinski definition) is 0. The van der Waals surface area contributed by atoms with Gasteiger partial charge >= 0.3 is 0 Å². The van der Waals surface area contributed by atoms with Gasteiger partial charge < -0.3 is 14.2 Å². The maximum absolute atomic E-state index is 13.6. The first-order chi connectivity index (χ1) is 15.3. The zero-order valence-corrected chi connectivity index (χ0v) is 18.2. The number of benzene rings is 2. The summed E-state index contributed by atoms with van der Waals surface area (Å²) >= 11 is 0. The first kappa shape index (κ1) is 20.1. The van der Waals surface area contributed by atoms with Gasteiger partial charge in [0, 0.05) is 43.4 Å². The topological polar surface area (TPSA) is 87.1 Å². The van der Waals surface area contributed by atoms with Gasteiger partial charge in [-0.1, -0.05) is 0 Å². The third kappa shape index (κ3) is 2.52. The van der Waals surface area contributed by atoms with Crippen molar-refractivity contribution in [3.8, 4) is 17.2 Å². The van der Waals surface area contributed by atoms with Crippen molar-refractivity contribution in [2.75, 3.05) is 19.1 Å². The third-order valence-electron chi connectivity index (χ3n) is 6.23. The molecule has 1 aromatic heterocycles. The van der Waals surface area contributed by atoms with Crippen molar-refractivity contribution in [3.05, 3.63) is 47.7 Å². The Morgan fingerprint density at radius 2 is 1.69 bits per heavy atom. The molecule has 0 N–H and O–H groups in total. The summed E-state index contributed by atoms with van der Waals surface area (Å²) in [5.41, 5.74) is 0.668. The molecule has 2 aromatic carbocycles. The molecule has 1 amide bonds. The van der Waals surface area contributed by atoms with E-state index in [1.54, 1.807) is 48.1 Å². The molecule has 32 heavy (non-hydrogen) atoms. The molecule has 0 saturated heterocycles. The lowest BCUT2D eigenvalue weighted by Crippen LogP contribution is -2.58. The van der Waals surface area contributed by atoms with Crippen LogP contribution in [0, 0.1) is 0 Å². The lowest BCUT2D eigenvalue weighted by atomic mass is 9.95. The predicted octanol–water partition coefficient (Wildman–Crippen LogP) is 3.59. The van der Waals surface area contributed by atoms with E-state index in [-0.39, 0.29) is 24.0 Å². The molecule has 0 aliphatic carbocycles. The van der Waals surface area contributed by atoms with E-state index in [0.29, 0.717) is 51.5 Å². The second-order valence-corrected chi connectivity index (χ2v) is 7.97. The largest absolute Gasteiger partial charge is 0.497 e. The summed E-state index contributed by atoms with van der Waals surface area (Å²) in [6, 6.07) is 10.4. The number of methoxy groups -OCH3 is 2. The molecular weight excluding hydrogens is 412 g/mol. The van der Waals surface area contributed by atoms with E-state index in [1.807, 2.05) is 0 Å². The number of Topliss-reactive ketones (excluding diaryl/α,β-unsaturated/α-hetero) is 1. The number of rotatable bonds is 2. The van der Waals surface area contributed by atoms with Crippen molar-refractivity contribution in [2.24, 2.45) is 0 Å². The molecule has 1 spiro atoms. The fraction of sp³-hybridized carbons (Fsp3) is 0.292. The van der Waals surface area contributed by atoms with Gasteiger partial charge in [0.1, 0.15) is 11.5 Å². The summed E-state index contributed by atoms with van der Waals surface area (Å²) in [7, 11) is 3.09. The van der Waals surface area contributed by atoms with Crippen molar-refractivity contribution in [1.29, 1.82) is 0 Å². The van der Waals surface area contributed by atoms with Gasteiger partial charge in [-0.25, -0.2) is 0 Å². The van der Waals surface area contributed by atoms with Gasteiger partial charge in [-0.15, -0.1) is 0 Å². The number of aromatic nitrogens is 1. The van der Waals surface area contributed by atoms with Crippen molar-refractivity contribution >= 4 is 34.2 Å². The van der Waals surface area contributed by atoms with Crippen LogP contribution in [0.4, 0.5) is 5.69 Å². The second-order valence-electron chi connectivity index (χ2n) is 7.97. The number of ketones is 1. The van der Waals surface area contributed by atoms with Crippen LogP contribution in [-0.4, -0.2) is 42.1 Å². The van der Waals surface area contributed by atoms with E-state index in [9.17, 15) is 14.4 Å². The van der Waals surface area contributed by atoms with E-state index in [4.69, 9.17) is 14.2 Å². The molecule has 1 atom stereocenters. The summed E-state index contributed by atoms with van der Waals surface area (Å²) in [5, 5.41) is 0.680. The van der Waals surface area contributed by atoms with Crippen LogP contribution in [-0.2, 0) is 11.2 Å². The average Bonchev–Trinajstić information content (AvgIpc) is 3.22. The van der Waals surface area contributed by atoms with E-state index >= 15 is 0 Å². The highest BCUT2D eigenvalue weighted by atomic mass is 16.5. The monoisotopic (exact) mass is 434 g/mol. The van der Waals surface area contributed by atoms with Gasteiger partial charge in [0.2, 0.25) is 17.6 Å². The van der Waals surface area contributed by atoms with Crippen LogP contribution in [0.15, 0.2) is 36.4 Å². The predicted molar refractivity (Wildman–Crippen MR) is 117 cm³/mol. The Balaban J connectivity index is 1.72. The normalized spacial score (nSPS) is 19.0. The summed E-state index contributed by atoms with van der Waals surface area (Å²) in [5.74, 6) is 0.809. The number of hydrogen-bond acceptors (Lipinski definition) is 6. The van der Waals surface area contributed by atoms with Crippen LogP contribution in [0.1, 0.15) is 41.1 Å². The Morgan fingerprint density at radius 1 is 1.00 bits per heavy atom. The highest BCUT2D eigenvalue weighted by Gasteiger charge is 2.57. The van der Waals surface area contributed by atoms with Gasteiger partial charge in [-0.2, -0.15) is 0 Å². The van der Waals surface area contributed by atoms with Crippen LogP contribution in [0.5, 0.6) is 17.2 Å². The second kappa shape index (κ2) is 6.85. The molecule has 3 heterocycles. The Labute approximate surface area is 184 Å². The van der Waals surface area contributed by atoms with Crippen LogP contribution in [0.25, 0.3) is 10.9 Å². The Hall–Kier alpha value is -3.81. The molecule has 0 bridgehead atoms. The van der Waals surface area contributed by atoms with Crippen molar-refractivity contribution in [1.82, 2.24) is 4.57 Å². The Bertz CT molecular complexity index is 1320. The summed E-state index contributed by atoms with van der Waals surface area (Å²) in [6.45, 7) is 2.89. The molecule has 0 saturated carbocycles. The van der Waals surface area contributed by atoms with Crippen LogP contribution >= 0.6 is 0 Å². The number of carbonyl (C=O) groups is 3. The average molecular weight is 434 g/mol. The number of ether oxygens (including phenoxy) is 3. The van der Waals surface area contributed by atoms with Gasteiger partial charge in [0.25, 0.3) is 5.72 Å². The quantitative estimate of drug-likeness (QED) is 0.613. The number of anilines is 1. The fourth-order valence-corrected chi connectivity index (χ4v) is 4.89. The maximum Gasteiger partial charge on any atom is 0.253 e. The molecule has 8 heteroatoms. The van der Waals surface area contributed by atoms with E-state index in [2.05, 4.69) is 0 Å². The lowest BCUT2D eigenvalue weighted by Gasteiger charge is -2.39. The van der Waals surface area contributed by atoms with E-state index in [0.717, 1.165) is 0 Å². The minimum Gasteiger partial charge on any atom is -0.497 e. The fourth-order valence-electron chi connectivity index (χ4n) is 4.89. The maximum atomic E-state index is 13.6. The lowest BCUT2D eigenvalue weighted by molar-refractivity contribution is -0.119. The molecule has 0 radical (unpaired) electrons. The minimum absolute atomic E-state index is 0.168. The van der Waals surface area contributed by atoms with Crippen molar-refractivity contribution in [3.63, 3.8) is 0 Å². The summed E-state index contributed by atoms with van der Waals surface area (Å²) < 4.78 is 18.7. The number of amides is 1. The third-order valence-corrected chi connectivity index (χ3v) is 6.23. The van der Waals surface area contributed by atoms with Crippen molar-refractivity contribution in [2.45, 2.75) is 32.4 Å². The summed E-state index contributed by atoms with van der Waals surface area (Å²) in [6.07, 6.45) is 0.600. The highest BCUT2D eigenvalue weighted by molar-refractivity contribution is 6.20. The Morgan fingerprint density at radius 3 is 2.34 bits per heavy atom. The molecule has 2 aliphatic heterocycles. The van der Waals surface area contributed by atoms with Crippen molar-refractivity contribution < 1.29 is 28.6 Å². The number of fused-ring (bicyclic) bond motifs is 4. The molecule has 5 rings (SSSR count). The Kier molecular flexibility index (Phi) is 4.30. The highest BCUT2D eigenvalue weighted by Crippen LogP contribution is 2.49. The minimum atomic E-state index is -1.51. The molecule has 3 aromatic rings. The van der Waals surface area contributed by atoms with E-state index < -0.39 is 5.72 Å². The zero-order valence-electron chi connectivity index (χ0n) is 18.2. The van der Waals surface area contributed by atoms with Gasteiger partial charge in [-0.05, 0) is 30.7 Å².